The van der Waals surface area contributed by atoms with E-state index in [1.54, 1.807) is 13.8 Å². The molecule has 0 heterocycles. The van der Waals surface area contributed by atoms with E-state index in [0.717, 1.165) is 12.8 Å². The van der Waals surface area contributed by atoms with Crippen molar-refractivity contribution < 1.29 is 29.0 Å². The van der Waals surface area contributed by atoms with Gasteiger partial charge in [0.2, 0.25) is 0 Å². The molecule has 0 spiro atoms. The van der Waals surface area contributed by atoms with Gasteiger partial charge in [-0.25, -0.2) is 0 Å². The number of carboxylic acid groups (broad SMARTS) is 1. The Morgan fingerprint density at radius 3 is 1.68 bits per heavy atom. The van der Waals surface area contributed by atoms with Crippen LogP contribution < -0.4 is 5.73 Å². The zero-order valence-electron chi connectivity index (χ0n) is 15.4. The highest BCUT2D eigenvalue weighted by Gasteiger charge is 2.56. The van der Waals surface area contributed by atoms with Crippen LogP contribution in [0.15, 0.2) is 0 Å². The molecular formula is C17H30ClNO6. The first-order chi connectivity index (χ1) is 11.1. The second-order valence-electron chi connectivity index (χ2n) is 7.01. The quantitative estimate of drug-likeness (QED) is 0.555. The lowest BCUT2D eigenvalue weighted by Gasteiger charge is -2.40. The number of carbonyl (C=O) groups is 3. The van der Waals surface area contributed by atoms with Gasteiger partial charge in [-0.3, -0.25) is 14.4 Å². The summed E-state index contributed by atoms with van der Waals surface area (Å²) in [6.45, 7) is 8.15. The van der Waals surface area contributed by atoms with Crippen LogP contribution in [0.1, 0.15) is 53.4 Å². The minimum Gasteiger partial charge on any atom is -0.480 e. The molecular weight excluding hydrogens is 350 g/mol. The van der Waals surface area contributed by atoms with E-state index in [2.05, 4.69) is 6.92 Å². The van der Waals surface area contributed by atoms with Gasteiger partial charge in [0.05, 0.1) is 13.2 Å². The molecule has 2 aliphatic carbocycles. The van der Waals surface area contributed by atoms with E-state index in [0.29, 0.717) is 31.3 Å². The van der Waals surface area contributed by atoms with E-state index in [1.165, 1.54) is 0 Å². The van der Waals surface area contributed by atoms with E-state index in [-0.39, 0.29) is 25.0 Å². The topological polar surface area (TPSA) is 116 Å². The van der Waals surface area contributed by atoms with E-state index in [1.807, 2.05) is 6.92 Å². The Hall–Kier alpha value is -1.34. The zero-order chi connectivity index (χ0) is 18.5. The Bertz CT molecular complexity index is 484. The van der Waals surface area contributed by atoms with Crippen molar-refractivity contribution in [3.8, 4) is 0 Å². The second kappa shape index (κ2) is 9.38. The third-order valence-electron chi connectivity index (χ3n) is 4.58. The molecule has 2 fully saturated rings. The standard InChI is InChI=1S/C9H14O4.C8H15NO2.ClH/c1-3-13-8(12)9(7(10)11)4-6(2)5-9;1-3-11-7(10)8(9)4-6(2)5-8;/h6H,3-5H2,1-2H3,(H,10,11);6H,3-5,9H2,1-2H3;1H. The fourth-order valence-electron chi connectivity index (χ4n) is 3.45. The van der Waals surface area contributed by atoms with Crippen molar-refractivity contribution in [2.24, 2.45) is 23.0 Å². The predicted octanol–water partition coefficient (Wildman–Crippen LogP) is 2.15. The summed E-state index contributed by atoms with van der Waals surface area (Å²) in [5.41, 5.74) is 3.85. The summed E-state index contributed by atoms with van der Waals surface area (Å²) < 4.78 is 9.57. The largest absolute Gasteiger partial charge is 0.480 e. The molecule has 0 atom stereocenters. The Morgan fingerprint density at radius 1 is 0.960 bits per heavy atom. The highest BCUT2D eigenvalue weighted by atomic mass is 35.5. The molecule has 0 aromatic rings. The van der Waals surface area contributed by atoms with Crippen LogP contribution in [-0.2, 0) is 23.9 Å². The van der Waals surface area contributed by atoms with Crippen molar-refractivity contribution in [2.75, 3.05) is 13.2 Å². The molecule has 0 aromatic heterocycles. The summed E-state index contributed by atoms with van der Waals surface area (Å²) in [4.78, 5) is 33.3. The maximum Gasteiger partial charge on any atom is 0.326 e. The third kappa shape index (κ3) is 5.31. The van der Waals surface area contributed by atoms with Gasteiger partial charge < -0.3 is 20.3 Å². The summed E-state index contributed by atoms with van der Waals surface area (Å²) in [5.74, 6) is -0.993. The first-order valence-electron chi connectivity index (χ1n) is 8.48. The Balaban J connectivity index is 0.000000449. The number of esters is 2. The van der Waals surface area contributed by atoms with Crippen molar-refractivity contribution in [3.05, 3.63) is 0 Å². The first kappa shape index (κ1) is 23.7. The molecule has 0 amide bonds. The van der Waals surface area contributed by atoms with Crippen molar-refractivity contribution in [3.63, 3.8) is 0 Å². The molecule has 8 heteroatoms. The maximum absolute atomic E-state index is 11.3. The van der Waals surface area contributed by atoms with Crippen LogP contribution in [-0.4, -0.2) is 41.8 Å². The van der Waals surface area contributed by atoms with Gasteiger partial charge in [0.15, 0.2) is 5.41 Å². The maximum atomic E-state index is 11.3. The van der Waals surface area contributed by atoms with Crippen LogP contribution in [0.2, 0.25) is 0 Å². The molecule has 3 N–H and O–H groups in total. The molecule has 0 radical (unpaired) electrons. The number of rotatable bonds is 5. The normalized spacial score (nSPS) is 32.5. The van der Waals surface area contributed by atoms with Crippen molar-refractivity contribution >= 4 is 30.3 Å². The van der Waals surface area contributed by atoms with Gasteiger partial charge in [-0.1, -0.05) is 13.8 Å². The summed E-state index contributed by atoms with van der Waals surface area (Å²) in [5, 5.41) is 8.90. The number of hydrogen-bond donors (Lipinski definition) is 2. The molecule has 0 bridgehead atoms. The lowest BCUT2D eigenvalue weighted by molar-refractivity contribution is -0.179. The third-order valence-corrected chi connectivity index (χ3v) is 4.58. The zero-order valence-corrected chi connectivity index (χ0v) is 16.2. The van der Waals surface area contributed by atoms with Gasteiger partial charge in [0.1, 0.15) is 5.54 Å². The van der Waals surface area contributed by atoms with Crippen LogP contribution in [0, 0.1) is 17.3 Å². The summed E-state index contributed by atoms with van der Waals surface area (Å²) in [7, 11) is 0. The minimum absolute atomic E-state index is 0. The van der Waals surface area contributed by atoms with Crippen LogP contribution >= 0.6 is 12.4 Å². The van der Waals surface area contributed by atoms with Gasteiger partial charge in [-0.05, 0) is 51.4 Å². The van der Waals surface area contributed by atoms with Gasteiger partial charge in [0.25, 0.3) is 0 Å². The van der Waals surface area contributed by atoms with Gasteiger partial charge in [-0.2, -0.15) is 0 Å². The second-order valence-corrected chi connectivity index (χ2v) is 7.01. The fraction of sp³-hybridized carbons (Fsp3) is 0.824. The molecule has 2 rings (SSSR count). The summed E-state index contributed by atoms with van der Waals surface area (Å²) >= 11 is 0. The Labute approximate surface area is 155 Å². The lowest BCUT2D eigenvalue weighted by atomic mass is 9.62. The molecule has 2 aliphatic rings. The highest BCUT2D eigenvalue weighted by Crippen LogP contribution is 2.46. The van der Waals surface area contributed by atoms with Crippen LogP contribution in [0.3, 0.4) is 0 Å². The SMILES string of the molecule is CCOC(=O)C1(C(=O)O)CC(C)C1.CCOC(=O)C1(N)CC(C)C1.Cl. The van der Waals surface area contributed by atoms with Crippen LogP contribution in [0.4, 0.5) is 0 Å². The molecule has 2 saturated carbocycles. The first-order valence-corrected chi connectivity index (χ1v) is 8.48. The molecule has 0 aromatic carbocycles. The molecule has 0 saturated heterocycles. The van der Waals surface area contributed by atoms with Crippen molar-refractivity contribution in [1.82, 2.24) is 0 Å². The molecule has 7 nitrogen and oxygen atoms in total. The van der Waals surface area contributed by atoms with E-state index in [4.69, 9.17) is 20.3 Å². The smallest absolute Gasteiger partial charge is 0.326 e. The summed E-state index contributed by atoms with van der Waals surface area (Å²) in [6, 6.07) is 0. The summed E-state index contributed by atoms with van der Waals surface area (Å²) in [6.07, 6.45) is 2.35. The van der Waals surface area contributed by atoms with Crippen molar-refractivity contribution in [1.29, 1.82) is 0 Å². The molecule has 25 heavy (non-hydrogen) atoms. The van der Waals surface area contributed by atoms with Gasteiger partial charge in [0, 0.05) is 0 Å². The fourth-order valence-corrected chi connectivity index (χ4v) is 3.45. The van der Waals surface area contributed by atoms with E-state index >= 15 is 0 Å². The van der Waals surface area contributed by atoms with Crippen LogP contribution in [0.25, 0.3) is 0 Å². The lowest BCUT2D eigenvalue weighted by Crippen LogP contribution is -2.57. The monoisotopic (exact) mass is 379 g/mol. The van der Waals surface area contributed by atoms with Gasteiger partial charge >= 0.3 is 17.9 Å². The predicted molar refractivity (Wildman–Crippen MR) is 94.3 cm³/mol. The molecule has 0 aliphatic heterocycles. The Morgan fingerprint density at radius 2 is 1.36 bits per heavy atom. The van der Waals surface area contributed by atoms with Crippen LogP contribution in [0.5, 0.6) is 0 Å². The number of carbonyl (C=O) groups excluding carboxylic acids is 2. The molecule has 0 unspecified atom stereocenters. The average Bonchev–Trinajstić information content (AvgIpc) is 2.43. The highest BCUT2D eigenvalue weighted by molar-refractivity contribution is 6.00. The van der Waals surface area contributed by atoms with Gasteiger partial charge in [-0.15, -0.1) is 12.4 Å². The number of aliphatic carboxylic acids is 1. The number of nitrogens with two attached hydrogens (primary N) is 1. The Kier molecular flexibility index (Phi) is 8.88. The number of carboxylic acids is 1. The molecule has 146 valence electrons. The number of hydrogen-bond acceptors (Lipinski definition) is 6. The van der Waals surface area contributed by atoms with E-state index in [9.17, 15) is 14.4 Å². The number of halogens is 1. The van der Waals surface area contributed by atoms with Crippen molar-refractivity contribution in [2.45, 2.75) is 58.9 Å². The van der Waals surface area contributed by atoms with E-state index < -0.39 is 22.9 Å². The average molecular weight is 380 g/mol. The minimum atomic E-state index is -1.24. The number of ether oxygens (including phenoxy) is 2.